The van der Waals surface area contributed by atoms with Crippen molar-refractivity contribution in [1.29, 1.82) is 0 Å². The highest BCUT2D eigenvalue weighted by atomic mass is 79.9. The molecule has 1 aromatic heterocycles. The summed E-state index contributed by atoms with van der Waals surface area (Å²) in [4.78, 5) is 50.8. The highest BCUT2D eigenvalue weighted by Gasteiger charge is 2.45. The summed E-state index contributed by atoms with van der Waals surface area (Å²) in [5, 5.41) is 8.71. The largest absolute Gasteiger partial charge is 0.573 e. The number of nitroso groups, excluding NO2 is 1. The maximum absolute atomic E-state index is 14.1. The Balaban J connectivity index is 0.880. The second kappa shape index (κ2) is 22.8. The number of ether oxygens (including phenoxy) is 4. The Morgan fingerprint density at radius 3 is 2.56 bits per heavy atom. The van der Waals surface area contributed by atoms with E-state index in [0.29, 0.717) is 69.0 Å². The molecule has 0 radical (unpaired) electrons. The standard InChI is InChI=1S/C50H59BrF3N7O7/c1-32-23-45(44(26-43(32)51)57-48(63)58-46-28-55-33(2)27-56-46)67-30-38-29-60(18-22-66-38)17-6-5-7-20-65-21-19-61(47(62)34-12-15-37(16-13-34)68-50(52,53)54)31-49(3,4)42-24-35-11-14-36(59-64)25-41(35)39-9-8-10-40(39)42/h8-9,11-16,23,25-28,38-40,42H,5-7,10,17-22,24,29-31H2,1-4H3,(H2,56,57,58,63)/t38-,39?,40?,42?/m0/s1. The van der Waals surface area contributed by atoms with E-state index in [4.69, 9.17) is 14.2 Å². The van der Waals surface area contributed by atoms with Crippen LogP contribution in [-0.4, -0.2) is 103 Å². The van der Waals surface area contributed by atoms with Crippen LogP contribution < -0.4 is 20.1 Å². The Labute approximate surface area is 403 Å². The van der Waals surface area contributed by atoms with Crippen molar-refractivity contribution in [3.8, 4) is 11.5 Å². The first-order chi connectivity index (χ1) is 32.5. The minimum atomic E-state index is -4.84. The van der Waals surface area contributed by atoms with Gasteiger partial charge in [0.15, 0.2) is 5.82 Å². The SMILES string of the molecule is Cc1cnc(NC(=O)Nc2cc(Br)c(C)cc2OC[C@@H]2CN(CCCCCOCCN(CC(C)(C)C3Cc4ccc(N=O)cc4C4C=CCC43)C(=O)c3ccc(OC(F)(F)F)cc3)CCO2)cn1. The molecule has 1 fully saturated rings. The lowest BCUT2D eigenvalue weighted by Crippen LogP contribution is -2.47. The van der Waals surface area contributed by atoms with Gasteiger partial charge < -0.3 is 29.2 Å². The van der Waals surface area contributed by atoms with Crippen molar-refractivity contribution >= 4 is 45.1 Å². The smallest absolute Gasteiger partial charge is 0.489 e. The lowest BCUT2D eigenvalue weighted by atomic mass is 9.60. The van der Waals surface area contributed by atoms with Crippen LogP contribution in [0.1, 0.15) is 78.2 Å². The molecule has 1 saturated heterocycles. The number of hydrogen-bond donors (Lipinski definition) is 2. The van der Waals surface area contributed by atoms with E-state index in [1.54, 1.807) is 23.2 Å². The van der Waals surface area contributed by atoms with Gasteiger partial charge >= 0.3 is 12.4 Å². The second-order valence-corrected chi connectivity index (χ2v) is 19.3. The summed E-state index contributed by atoms with van der Waals surface area (Å²) >= 11 is 3.55. The lowest BCUT2D eigenvalue weighted by molar-refractivity contribution is -0.274. The Hall–Kier alpha value is -5.43. The quantitative estimate of drug-likeness (QED) is 0.0496. The fraction of sp³-hybridized carbons (Fsp3) is 0.480. The zero-order chi connectivity index (χ0) is 48.4. The number of nitrogens with one attached hydrogen (secondary N) is 2. The number of hydrogen-bond acceptors (Lipinski definition) is 11. The molecule has 0 bridgehead atoms. The van der Waals surface area contributed by atoms with Crippen LogP contribution in [0.5, 0.6) is 11.5 Å². The number of amides is 3. The third-order valence-electron chi connectivity index (χ3n) is 12.9. The van der Waals surface area contributed by atoms with Crippen molar-refractivity contribution in [3.63, 3.8) is 0 Å². The number of benzene rings is 3. The summed E-state index contributed by atoms with van der Waals surface area (Å²) in [7, 11) is 0. The Morgan fingerprint density at radius 1 is 1.00 bits per heavy atom. The van der Waals surface area contributed by atoms with Gasteiger partial charge in [0.25, 0.3) is 5.91 Å². The fourth-order valence-electron chi connectivity index (χ4n) is 9.50. The molecule has 4 aromatic rings. The van der Waals surface area contributed by atoms with Crippen molar-refractivity contribution in [1.82, 2.24) is 19.8 Å². The molecule has 1 aliphatic heterocycles. The van der Waals surface area contributed by atoms with Gasteiger partial charge in [-0.05, 0) is 140 Å². The summed E-state index contributed by atoms with van der Waals surface area (Å²) in [6.45, 7) is 12.9. The first-order valence-corrected chi connectivity index (χ1v) is 23.8. The van der Waals surface area contributed by atoms with Gasteiger partial charge in [-0.3, -0.25) is 20.0 Å². The average molecular weight is 1010 g/mol. The molecule has 364 valence electrons. The topological polar surface area (TPSA) is 157 Å². The number of aryl methyl sites for hydroxylation is 2. The van der Waals surface area contributed by atoms with E-state index in [0.717, 1.165) is 78.6 Å². The van der Waals surface area contributed by atoms with Gasteiger partial charge in [-0.2, -0.15) is 0 Å². The molecule has 0 saturated carbocycles. The first-order valence-electron chi connectivity index (χ1n) is 23.0. The Morgan fingerprint density at radius 2 is 1.81 bits per heavy atom. The van der Waals surface area contributed by atoms with E-state index in [1.165, 1.54) is 23.9 Å². The molecule has 68 heavy (non-hydrogen) atoms. The van der Waals surface area contributed by atoms with Gasteiger partial charge in [-0.25, -0.2) is 9.78 Å². The van der Waals surface area contributed by atoms with Crippen molar-refractivity contribution in [2.45, 2.75) is 78.2 Å². The molecule has 3 aliphatic rings. The number of aromatic nitrogens is 2. The third kappa shape index (κ3) is 13.6. The lowest BCUT2D eigenvalue weighted by Gasteiger charge is -2.46. The number of fused-ring (bicyclic) bond motifs is 3. The molecular weight excluding hydrogens is 947 g/mol. The van der Waals surface area contributed by atoms with E-state index in [2.05, 4.69) is 77.3 Å². The summed E-state index contributed by atoms with van der Waals surface area (Å²) in [6.07, 6.45) is 6.86. The molecule has 2 aliphatic carbocycles. The number of alkyl halides is 3. The number of halogens is 4. The van der Waals surface area contributed by atoms with Gasteiger partial charge in [-0.1, -0.05) is 48.0 Å². The van der Waals surface area contributed by atoms with E-state index in [9.17, 15) is 27.7 Å². The van der Waals surface area contributed by atoms with Crippen LogP contribution >= 0.6 is 15.9 Å². The van der Waals surface area contributed by atoms with Gasteiger partial charge in [0.05, 0.1) is 37.0 Å². The Kier molecular flexibility index (Phi) is 16.9. The maximum atomic E-state index is 14.1. The number of rotatable bonds is 20. The molecule has 4 atom stereocenters. The van der Waals surface area contributed by atoms with Gasteiger partial charge in [0.1, 0.15) is 29.9 Å². The number of allylic oxidation sites excluding steroid dienone is 2. The Bertz CT molecular complexity index is 2400. The average Bonchev–Trinajstić information content (AvgIpc) is 3.81. The maximum Gasteiger partial charge on any atom is 0.573 e. The summed E-state index contributed by atoms with van der Waals surface area (Å²) in [5.74, 6) is 0.775. The number of carbonyl (C=O) groups is 2. The van der Waals surface area contributed by atoms with Gasteiger partial charge in [-0.15, -0.1) is 18.1 Å². The van der Waals surface area contributed by atoms with Crippen LogP contribution in [0.3, 0.4) is 0 Å². The summed E-state index contributed by atoms with van der Waals surface area (Å²) < 4.78 is 62.0. The van der Waals surface area contributed by atoms with Crippen LogP contribution in [0.2, 0.25) is 0 Å². The molecule has 3 aromatic carbocycles. The number of carbonyl (C=O) groups excluding carboxylic acids is 2. The number of unbranched alkanes of at least 4 members (excludes halogenated alkanes) is 2. The van der Waals surface area contributed by atoms with Crippen molar-refractivity contribution in [2.75, 3.05) is 69.8 Å². The molecule has 18 heteroatoms. The van der Waals surface area contributed by atoms with E-state index < -0.39 is 18.1 Å². The molecular formula is C50H59BrF3N7O7. The van der Waals surface area contributed by atoms with Crippen LogP contribution in [0.4, 0.5) is 35.2 Å². The second-order valence-electron chi connectivity index (χ2n) is 18.4. The van der Waals surface area contributed by atoms with E-state index in [1.807, 2.05) is 32.0 Å². The van der Waals surface area contributed by atoms with E-state index in [-0.39, 0.29) is 40.7 Å². The first kappa shape index (κ1) is 50.4. The number of nitrogens with zero attached hydrogens (tertiary/aromatic N) is 5. The summed E-state index contributed by atoms with van der Waals surface area (Å²) in [6, 6.07) is 13.9. The number of morpholine rings is 1. The van der Waals surface area contributed by atoms with Crippen LogP contribution in [-0.2, 0) is 15.9 Å². The number of urea groups is 1. The molecule has 0 spiro atoms. The van der Waals surface area contributed by atoms with Crippen molar-refractivity contribution < 1.29 is 41.7 Å². The highest BCUT2D eigenvalue weighted by Crippen LogP contribution is 2.52. The van der Waals surface area contributed by atoms with Gasteiger partial charge in [0.2, 0.25) is 0 Å². The zero-order valence-corrected chi connectivity index (χ0v) is 40.4. The zero-order valence-electron chi connectivity index (χ0n) is 38.8. The minimum absolute atomic E-state index is 0.143. The molecule has 2 heterocycles. The van der Waals surface area contributed by atoms with E-state index >= 15 is 0 Å². The van der Waals surface area contributed by atoms with Crippen LogP contribution in [0, 0.1) is 36.0 Å². The molecule has 3 amide bonds. The van der Waals surface area contributed by atoms with Gasteiger partial charge in [0, 0.05) is 48.7 Å². The molecule has 7 rings (SSSR count). The van der Waals surface area contributed by atoms with Crippen molar-refractivity contribution in [3.05, 3.63) is 116 Å². The number of anilines is 2. The monoisotopic (exact) mass is 1010 g/mol. The fourth-order valence-corrected chi connectivity index (χ4v) is 9.85. The van der Waals surface area contributed by atoms with Crippen LogP contribution in [0.25, 0.3) is 0 Å². The normalized spacial score (nSPS) is 19.2. The van der Waals surface area contributed by atoms with Crippen molar-refractivity contribution in [2.24, 2.45) is 22.4 Å². The summed E-state index contributed by atoms with van der Waals surface area (Å²) in [5.41, 5.74) is 4.79. The molecule has 2 N–H and O–H groups in total. The molecule has 3 unspecified atom stereocenters. The predicted octanol–water partition coefficient (Wildman–Crippen LogP) is 10.8. The minimum Gasteiger partial charge on any atom is -0.489 e. The highest BCUT2D eigenvalue weighted by molar-refractivity contribution is 9.10. The predicted molar refractivity (Wildman–Crippen MR) is 257 cm³/mol. The van der Waals surface area contributed by atoms with Crippen LogP contribution in [0.15, 0.2) is 88.8 Å². The third-order valence-corrected chi connectivity index (χ3v) is 13.8. The molecule has 14 nitrogen and oxygen atoms in total.